The van der Waals surface area contributed by atoms with E-state index in [1.807, 2.05) is 0 Å². The number of hydrogen-bond acceptors (Lipinski definition) is 5. The quantitative estimate of drug-likeness (QED) is 0.908. The van der Waals surface area contributed by atoms with E-state index in [0.717, 1.165) is 70.0 Å². The summed E-state index contributed by atoms with van der Waals surface area (Å²) in [6, 6.07) is 0.0220. The molecule has 0 spiro atoms. The Hall–Kier alpha value is -0.980. The average Bonchev–Trinajstić information content (AvgIpc) is 3.21. The summed E-state index contributed by atoms with van der Waals surface area (Å²) < 4.78 is 5.45. The molecule has 24 heavy (non-hydrogen) atoms. The van der Waals surface area contributed by atoms with Gasteiger partial charge >= 0.3 is 0 Å². The van der Waals surface area contributed by atoms with Crippen molar-refractivity contribution in [2.24, 2.45) is 5.92 Å². The molecule has 3 heterocycles. The molecule has 2 fully saturated rings. The lowest BCUT2D eigenvalue weighted by Crippen LogP contribution is -2.42. The highest BCUT2D eigenvalue weighted by molar-refractivity contribution is 7.15. The van der Waals surface area contributed by atoms with E-state index in [9.17, 15) is 4.79 Å². The third-order valence-electron chi connectivity index (χ3n) is 5.58. The van der Waals surface area contributed by atoms with Crippen molar-refractivity contribution in [1.82, 2.24) is 9.88 Å². The maximum absolute atomic E-state index is 12.8. The second-order valence-corrected chi connectivity index (χ2v) is 8.38. The minimum atomic E-state index is 0.0220. The van der Waals surface area contributed by atoms with E-state index in [1.54, 1.807) is 11.3 Å². The summed E-state index contributed by atoms with van der Waals surface area (Å²) in [7, 11) is 0. The number of nitrogens with zero attached hydrogens (tertiary/aromatic N) is 2. The molecule has 2 aliphatic heterocycles. The number of anilines is 1. The molecule has 4 rings (SSSR count). The third-order valence-corrected chi connectivity index (χ3v) is 6.65. The van der Waals surface area contributed by atoms with Gasteiger partial charge in [-0.3, -0.25) is 9.69 Å². The Morgan fingerprint density at radius 1 is 1.21 bits per heavy atom. The van der Waals surface area contributed by atoms with Crippen LogP contribution in [0.3, 0.4) is 0 Å². The Balaban J connectivity index is 1.36. The second-order valence-electron chi connectivity index (χ2n) is 7.29. The van der Waals surface area contributed by atoms with Crippen LogP contribution in [0, 0.1) is 5.92 Å². The predicted octanol–water partition coefficient (Wildman–Crippen LogP) is 2.85. The van der Waals surface area contributed by atoms with Gasteiger partial charge in [-0.25, -0.2) is 4.98 Å². The Bertz CT molecular complexity index is 559. The molecule has 6 heteroatoms. The van der Waals surface area contributed by atoms with Gasteiger partial charge in [-0.15, -0.1) is 11.3 Å². The number of fused-ring (bicyclic) bond motifs is 1. The molecule has 1 N–H and O–H groups in total. The van der Waals surface area contributed by atoms with Crippen LogP contribution in [-0.2, 0) is 22.4 Å². The second kappa shape index (κ2) is 7.50. The first-order valence-electron chi connectivity index (χ1n) is 9.41. The van der Waals surface area contributed by atoms with Crippen molar-refractivity contribution in [3.05, 3.63) is 10.6 Å². The lowest BCUT2D eigenvalue weighted by Gasteiger charge is -2.30. The summed E-state index contributed by atoms with van der Waals surface area (Å²) in [6.07, 6.45) is 9.03. The van der Waals surface area contributed by atoms with Crippen LogP contribution in [0.25, 0.3) is 0 Å². The lowest BCUT2D eigenvalue weighted by atomic mass is 9.99. The molecule has 2 saturated heterocycles. The van der Waals surface area contributed by atoms with Crippen molar-refractivity contribution in [3.63, 3.8) is 0 Å². The highest BCUT2D eigenvalue weighted by Crippen LogP contribution is 2.30. The standard InChI is InChI=1S/C18H27N3O2S/c22-17(20-18-19-14-4-1-2-6-16(14)24-18)15-5-3-9-21(15)12-13-7-10-23-11-8-13/h13,15H,1-12H2,(H,19,20,22). The van der Waals surface area contributed by atoms with Crippen molar-refractivity contribution < 1.29 is 9.53 Å². The van der Waals surface area contributed by atoms with E-state index in [1.165, 1.54) is 23.4 Å². The van der Waals surface area contributed by atoms with Gasteiger partial charge in [0.05, 0.1) is 11.7 Å². The smallest absolute Gasteiger partial charge is 0.243 e. The normalized spacial score (nSPS) is 25.6. The summed E-state index contributed by atoms with van der Waals surface area (Å²) in [5, 5.41) is 3.92. The molecule has 1 atom stereocenters. The maximum Gasteiger partial charge on any atom is 0.243 e. The van der Waals surface area contributed by atoms with Gasteiger partial charge in [-0.2, -0.15) is 0 Å². The number of aryl methyl sites for hydroxylation is 2. The number of hydrogen-bond donors (Lipinski definition) is 1. The van der Waals surface area contributed by atoms with Crippen LogP contribution in [0.1, 0.15) is 49.1 Å². The predicted molar refractivity (Wildman–Crippen MR) is 95.5 cm³/mol. The Morgan fingerprint density at radius 2 is 2.04 bits per heavy atom. The Kier molecular flexibility index (Phi) is 5.15. The minimum Gasteiger partial charge on any atom is -0.381 e. The van der Waals surface area contributed by atoms with Crippen molar-refractivity contribution in [2.45, 2.75) is 57.4 Å². The molecule has 0 saturated carbocycles. The first kappa shape index (κ1) is 16.5. The van der Waals surface area contributed by atoms with E-state index < -0.39 is 0 Å². The van der Waals surface area contributed by atoms with Gasteiger partial charge in [0, 0.05) is 24.6 Å². The van der Waals surface area contributed by atoms with Crippen LogP contribution >= 0.6 is 11.3 Å². The van der Waals surface area contributed by atoms with Crippen LogP contribution < -0.4 is 5.32 Å². The number of likely N-dealkylation sites (tertiary alicyclic amines) is 1. The molecule has 0 aromatic carbocycles. The summed E-state index contributed by atoms with van der Waals surface area (Å²) in [4.78, 5) is 21.2. The first-order chi connectivity index (χ1) is 11.8. The van der Waals surface area contributed by atoms with Gasteiger partial charge < -0.3 is 10.1 Å². The number of aromatic nitrogens is 1. The zero-order valence-corrected chi connectivity index (χ0v) is 15.1. The topological polar surface area (TPSA) is 54.5 Å². The number of carbonyl (C=O) groups is 1. The fraction of sp³-hybridized carbons (Fsp3) is 0.778. The number of ether oxygens (including phenoxy) is 1. The maximum atomic E-state index is 12.8. The Morgan fingerprint density at radius 3 is 2.88 bits per heavy atom. The molecule has 1 aromatic heterocycles. The van der Waals surface area contributed by atoms with Crippen molar-refractivity contribution >= 4 is 22.4 Å². The molecule has 1 aromatic rings. The van der Waals surface area contributed by atoms with Crippen LogP contribution in [0.2, 0.25) is 0 Å². The molecule has 0 radical (unpaired) electrons. The van der Waals surface area contributed by atoms with E-state index in [2.05, 4.69) is 15.2 Å². The minimum absolute atomic E-state index is 0.0220. The molecule has 1 amide bonds. The van der Waals surface area contributed by atoms with E-state index in [0.29, 0.717) is 5.92 Å². The highest BCUT2D eigenvalue weighted by Gasteiger charge is 2.33. The average molecular weight is 350 g/mol. The summed E-state index contributed by atoms with van der Waals surface area (Å²) in [5.74, 6) is 0.824. The molecule has 1 aliphatic carbocycles. The molecular formula is C18H27N3O2S. The zero-order chi connectivity index (χ0) is 16.4. The molecule has 0 bridgehead atoms. The SMILES string of the molecule is O=C(Nc1nc2c(s1)CCCC2)C1CCCN1CC1CCOCC1. The number of amides is 1. The molecule has 132 valence electrons. The van der Waals surface area contributed by atoms with Crippen LogP contribution in [0.4, 0.5) is 5.13 Å². The van der Waals surface area contributed by atoms with Gasteiger partial charge in [0.25, 0.3) is 0 Å². The summed E-state index contributed by atoms with van der Waals surface area (Å²) in [5.41, 5.74) is 1.21. The molecule has 3 aliphatic rings. The molecule has 5 nitrogen and oxygen atoms in total. The van der Waals surface area contributed by atoms with Crippen molar-refractivity contribution in [3.8, 4) is 0 Å². The first-order valence-corrected chi connectivity index (χ1v) is 10.2. The van der Waals surface area contributed by atoms with Crippen LogP contribution in [-0.4, -0.2) is 48.1 Å². The highest BCUT2D eigenvalue weighted by atomic mass is 32.1. The number of thiazole rings is 1. The van der Waals surface area contributed by atoms with Gasteiger partial charge in [-0.1, -0.05) is 0 Å². The van der Waals surface area contributed by atoms with Crippen molar-refractivity contribution in [1.29, 1.82) is 0 Å². The zero-order valence-electron chi connectivity index (χ0n) is 14.3. The number of nitrogens with one attached hydrogen (secondary N) is 1. The van der Waals surface area contributed by atoms with Crippen molar-refractivity contribution in [2.75, 3.05) is 31.6 Å². The van der Waals surface area contributed by atoms with Gasteiger partial charge in [-0.05, 0) is 63.8 Å². The monoisotopic (exact) mass is 349 g/mol. The third kappa shape index (κ3) is 3.65. The van der Waals surface area contributed by atoms with Gasteiger partial charge in [0.2, 0.25) is 5.91 Å². The summed E-state index contributed by atoms with van der Waals surface area (Å²) >= 11 is 1.68. The van der Waals surface area contributed by atoms with E-state index in [4.69, 9.17) is 4.74 Å². The lowest BCUT2D eigenvalue weighted by molar-refractivity contribution is -0.120. The van der Waals surface area contributed by atoms with E-state index >= 15 is 0 Å². The largest absolute Gasteiger partial charge is 0.381 e. The number of rotatable bonds is 4. The Labute approximate surface area is 147 Å². The van der Waals surface area contributed by atoms with Crippen LogP contribution in [0.5, 0.6) is 0 Å². The van der Waals surface area contributed by atoms with Gasteiger partial charge in [0.1, 0.15) is 0 Å². The molecular weight excluding hydrogens is 322 g/mol. The fourth-order valence-corrected chi connectivity index (χ4v) is 5.25. The number of carbonyl (C=O) groups excluding carboxylic acids is 1. The van der Waals surface area contributed by atoms with Gasteiger partial charge in [0.15, 0.2) is 5.13 Å². The summed E-state index contributed by atoms with van der Waals surface area (Å²) in [6.45, 7) is 3.83. The van der Waals surface area contributed by atoms with Crippen LogP contribution in [0.15, 0.2) is 0 Å². The fourth-order valence-electron chi connectivity index (χ4n) is 4.20. The van der Waals surface area contributed by atoms with E-state index in [-0.39, 0.29) is 11.9 Å². The molecule has 1 unspecified atom stereocenters.